The molecule has 2 amide bonds. The zero-order chi connectivity index (χ0) is 25.9. The fourth-order valence-electron chi connectivity index (χ4n) is 3.68. The summed E-state index contributed by atoms with van der Waals surface area (Å²) in [5.74, 6) is 1.64. The zero-order valence-corrected chi connectivity index (χ0v) is 21.2. The molecule has 186 valence electrons. The van der Waals surface area contributed by atoms with Crippen LogP contribution in [-0.2, 0) is 0 Å². The van der Waals surface area contributed by atoms with Crippen LogP contribution in [0, 0.1) is 6.92 Å². The van der Waals surface area contributed by atoms with Gasteiger partial charge in [0.25, 0.3) is 0 Å². The number of anilines is 2. The number of carbonyl (C=O) groups is 1. The Kier molecular flexibility index (Phi) is 6.80. The number of rotatable bonds is 6. The number of nitrogens with zero attached hydrogens (tertiary/aromatic N) is 4. The summed E-state index contributed by atoms with van der Waals surface area (Å²) in [5.41, 5.74) is 3.04. The van der Waals surface area contributed by atoms with E-state index in [2.05, 4.69) is 25.7 Å². The minimum absolute atomic E-state index is 0.335. The van der Waals surface area contributed by atoms with Gasteiger partial charge in [-0.05, 0) is 67.6 Å². The second-order valence-corrected chi connectivity index (χ2v) is 8.69. The number of nitrogens with one attached hydrogen (secondary N) is 2. The number of ether oxygens (including phenoxy) is 2. The monoisotopic (exact) mass is 534 g/mol. The van der Waals surface area contributed by atoms with Gasteiger partial charge in [-0.2, -0.15) is 5.10 Å². The largest absolute Gasteiger partial charge is 0.497 e. The number of aromatic nitrogens is 4. The molecule has 0 aliphatic heterocycles. The number of hydrogen-bond acceptors (Lipinski definition) is 6. The molecule has 0 aliphatic carbocycles. The first-order chi connectivity index (χ1) is 17.9. The van der Waals surface area contributed by atoms with Crippen LogP contribution in [0.25, 0.3) is 16.7 Å². The Morgan fingerprint density at radius 1 is 0.892 bits per heavy atom. The molecule has 2 N–H and O–H groups in total. The van der Waals surface area contributed by atoms with E-state index in [1.165, 1.54) is 6.33 Å². The zero-order valence-electron chi connectivity index (χ0n) is 19.7. The fraction of sp³-hybridized carbons (Fsp3) is 0.0769. The van der Waals surface area contributed by atoms with Crippen molar-refractivity contribution in [3.05, 3.63) is 88.8 Å². The second kappa shape index (κ2) is 10.3. The number of fused-ring (bicyclic) bond motifs is 1. The van der Waals surface area contributed by atoms with Gasteiger partial charge in [0.05, 0.1) is 34.2 Å². The molecule has 3 aromatic carbocycles. The summed E-state index contributed by atoms with van der Waals surface area (Å²) in [7, 11) is 1.62. The molecule has 0 bridgehead atoms. The summed E-state index contributed by atoms with van der Waals surface area (Å²) in [6, 6.07) is 18.8. The molecule has 2 heterocycles. The molecule has 0 saturated carbocycles. The number of carbonyl (C=O) groups excluding carboxylic acids is 1. The standard InChI is InChI=1S/C26H20Cl2N6O3/c1-15-22-24(34(33-15)17-8-12-18(36-2)13-9-17)29-14-30-25(22)37-19-10-6-16(7-11-19)31-26(35)32-23-20(27)4-3-5-21(23)28/h3-14H,1-2H3,(H2,31,32,35). The van der Waals surface area contributed by atoms with E-state index in [0.717, 1.165) is 17.1 Å². The van der Waals surface area contributed by atoms with Gasteiger partial charge in [0.15, 0.2) is 5.65 Å². The minimum Gasteiger partial charge on any atom is -0.497 e. The molecule has 0 radical (unpaired) electrons. The highest BCUT2D eigenvalue weighted by Gasteiger charge is 2.17. The molecule has 2 aromatic heterocycles. The molecule has 0 unspecified atom stereocenters. The molecule has 5 aromatic rings. The quantitative estimate of drug-likeness (QED) is 0.246. The molecular formula is C26H20Cl2N6O3. The third kappa shape index (κ3) is 5.13. The Morgan fingerprint density at radius 3 is 2.24 bits per heavy atom. The lowest BCUT2D eigenvalue weighted by molar-refractivity contribution is 0.262. The third-order valence-corrected chi connectivity index (χ3v) is 6.08. The van der Waals surface area contributed by atoms with Crippen LogP contribution >= 0.6 is 23.2 Å². The van der Waals surface area contributed by atoms with Gasteiger partial charge < -0.3 is 20.1 Å². The number of urea groups is 1. The lowest BCUT2D eigenvalue weighted by Gasteiger charge is -2.11. The van der Waals surface area contributed by atoms with Gasteiger partial charge in [-0.15, -0.1) is 0 Å². The van der Waals surface area contributed by atoms with Crippen LogP contribution in [0.5, 0.6) is 17.4 Å². The molecule has 0 fully saturated rings. The maximum Gasteiger partial charge on any atom is 0.323 e. The van der Waals surface area contributed by atoms with Crippen LogP contribution in [0.1, 0.15) is 5.69 Å². The summed E-state index contributed by atoms with van der Waals surface area (Å²) in [4.78, 5) is 21.1. The summed E-state index contributed by atoms with van der Waals surface area (Å²) in [6.45, 7) is 1.87. The van der Waals surface area contributed by atoms with Crippen molar-refractivity contribution >= 4 is 51.6 Å². The predicted molar refractivity (Wildman–Crippen MR) is 144 cm³/mol. The maximum absolute atomic E-state index is 12.4. The van der Waals surface area contributed by atoms with Gasteiger partial charge in [-0.1, -0.05) is 29.3 Å². The fourth-order valence-corrected chi connectivity index (χ4v) is 4.17. The number of benzene rings is 3. The second-order valence-electron chi connectivity index (χ2n) is 7.87. The smallest absolute Gasteiger partial charge is 0.323 e. The number of methoxy groups -OCH3 is 1. The molecule has 0 spiro atoms. The van der Waals surface area contributed by atoms with Crippen LogP contribution in [0.3, 0.4) is 0 Å². The normalized spacial score (nSPS) is 10.8. The van der Waals surface area contributed by atoms with E-state index >= 15 is 0 Å². The summed E-state index contributed by atoms with van der Waals surface area (Å²) in [5, 5.41) is 11.4. The molecule has 11 heteroatoms. The molecule has 0 saturated heterocycles. The highest BCUT2D eigenvalue weighted by atomic mass is 35.5. The molecule has 5 rings (SSSR count). The van der Waals surface area contributed by atoms with Crippen molar-refractivity contribution < 1.29 is 14.3 Å². The molecule has 0 atom stereocenters. The van der Waals surface area contributed by atoms with Crippen molar-refractivity contribution in [2.75, 3.05) is 17.7 Å². The molecule has 37 heavy (non-hydrogen) atoms. The van der Waals surface area contributed by atoms with E-state index in [4.69, 9.17) is 32.7 Å². The number of aryl methyl sites for hydroxylation is 1. The van der Waals surface area contributed by atoms with Crippen LogP contribution in [-0.4, -0.2) is 32.9 Å². The maximum atomic E-state index is 12.4. The van der Waals surface area contributed by atoms with Crippen LogP contribution in [0.2, 0.25) is 10.0 Å². The van der Waals surface area contributed by atoms with E-state index in [0.29, 0.717) is 44.1 Å². The molecular weight excluding hydrogens is 515 g/mol. The average molecular weight is 535 g/mol. The third-order valence-electron chi connectivity index (χ3n) is 5.45. The molecule has 0 aliphatic rings. The first-order valence-electron chi connectivity index (χ1n) is 11.1. The van der Waals surface area contributed by atoms with Crippen molar-refractivity contribution in [3.63, 3.8) is 0 Å². The topological polar surface area (TPSA) is 103 Å². The van der Waals surface area contributed by atoms with E-state index in [1.807, 2.05) is 31.2 Å². The van der Waals surface area contributed by atoms with Crippen LogP contribution < -0.4 is 20.1 Å². The average Bonchev–Trinajstić information content (AvgIpc) is 3.25. The Morgan fingerprint density at radius 2 is 1.57 bits per heavy atom. The van der Waals surface area contributed by atoms with E-state index in [1.54, 1.807) is 54.3 Å². The highest BCUT2D eigenvalue weighted by molar-refractivity contribution is 6.39. The molecule has 9 nitrogen and oxygen atoms in total. The van der Waals surface area contributed by atoms with Gasteiger partial charge in [0.2, 0.25) is 5.88 Å². The van der Waals surface area contributed by atoms with Gasteiger partial charge in [-0.3, -0.25) is 0 Å². The van der Waals surface area contributed by atoms with Crippen molar-refractivity contribution in [3.8, 4) is 23.1 Å². The Bertz CT molecular complexity index is 1570. The Balaban J connectivity index is 1.33. The number of hydrogen-bond donors (Lipinski definition) is 2. The van der Waals surface area contributed by atoms with Gasteiger partial charge >= 0.3 is 6.03 Å². The number of halogens is 2. The lowest BCUT2D eigenvalue weighted by Crippen LogP contribution is -2.19. The van der Waals surface area contributed by atoms with Crippen molar-refractivity contribution in [1.29, 1.82) is 0 Å². The first kappa shape index (κ1) is 24.4. The van der Waals surface area contributed by atoms with Gasteiger partial charge in [-0.25, -0.2) is 19.4 Å². The Hall–Kier alpha value is -4.34. The van der Waals surface area contributed by atoms with E-state index < -0.39 is 6.03 Å². The number of amides is 2. The van der Waals surface area contributed by atoms with Crippen molar-refractivity contribution in [1.82, 2.24) is 19.7 Å². The summed E-state index contributed by atoms with van der Waals surface area (Å²) in [6.07, 6.45) is 1.43. The van der Waals surface area contributed by atoms with Crippen molar-refractivity contribution in [2.45, 2.75) is 6.92 Å². The van der Waals surface area contributed by atoms with Crippen LogP contribution in [0.15, 0.2) is 73.1 Å². The first-order valence-corrected chi connectivity index (χ1v) is 11.8. The van der Waals surface area contributed by atoms with Crippen LogP contribution in [0.4, 0.5) is 16.2 Å². The van der Waals surface area contributed by atoms with E-state index in [9.17, 15) is 4.79 Å². The van der Waals surface area contributed by atoms with E-state index in [-0.39, 0.29) is 0 Å². The number of para-hydroxylation sites is 1. The summed E-state index contributed by atoms with van der Waals surface area (Å²) >= 11 is 12.2. The van der Waals surface area contributed by atoms with Gasteiger partial charge in [0.1, 0.15) is 23.2 Å². The predicted octanol–water partition coefficient (Wildman–Crippen LogP) is 6.88. The lowest BCUT2D eigenvalue weighted by atomic mass is 10.3. The highest BCUT2D eigenvalue weighted by Crippen LogP contribution is 2.32. The minimum atomic E-state index is -0.484. The Labute approximate surface area is 222 Å². The SMILES string of the molecule is COc1ccc(-n2nc(C)c3c(Oc4ccc(NC(=O)Nc5c(Cl)cccc5Cl)cc4)ncnc32)cc1. The summed E-state index contributed by atoms with van der Waals surface area (Å²) < 4.78 is 13.0. The van der Waals surface area contributed by atoms with Gasteiger partial charge in [0, 0.05) is 5.69 Å². The van der Waals surface area contributed by atoms with Crippen molar-refractivity contribution in [2.24, 2.45) is 0 Å².